The Balaban J connectivity index is 2.14. The summed E-state index contributed by atoms with van der Waals surface area (Å²) in [5, 5.41) is 0.694. The van der Waals surface area contributed by atoms with Gasteiger partial charge >= 0.3 is 0 Å². The molecule has 0 heterocycles. The third-order valence-electron chi connectivity index (χ3n) is 4.00. The summed E-state index contributed by atoms with van der Waals surface area (Å²) in [5.41, 5.74) is 4.02. The fraction of sp³-hybridized carbons (Fsp3) is 0.0909. The molecule has 0 radical (unpaired) electrons. The summed E-state index contributed by atoms with van der Waals surface area (Å²) in [4.78, 5) is 0. The lowest BCUT2D eigenvalue weighted by Crippen LogP contribution is -1.92. The molecule has 126 valence electrons. The SMILES string of the molecule is COc1ccc(/C(Cl)=C(/c2ccccc2)c2ccc(OC)cc2)cc1. The Labute approximate surface area is 153 Å². The van der Waals surface area contributed by atoms with Gasteiger partial charge in [0.2, 0.25) is 0 Å². The molecule has 0 aliphatic carbocycles. The van der Waals surface area contributed by atoms with Gasteiger partial charge < -0.3 is 9.47 Å². The first-order chi connectivity index (χ1) is 12.2. The van der Waals surface area contributed by atoms with Gasteiger partial charge in [-0.25, -0.2) is 0 Å². The van der Waals surface area contributed by atoms with Crippen molar-refractivity contribution in [1.29, 1.82) is 0 Å². The summed E-state index contributed by atoms with van der Waals surface area (Å²) in [6, 6.07) is 25.8. The fourth-order valence-corrected chi connectivity index (χ4v) is 3.01. The van der Waals surface area contributed by atoms with Crippen molar-refractivity contribution in [2.45, 2.75) is 0 Å². The minimum Gasteiger partial charge on any atom is -0.497 e. The minimum absolute atomic E-state index is 0.694. The molecular weight excluding hydrogens is 332 g/mol. The molecule has 25 heavy (non-hydrogen) atoms. The molecule has 3 heteroatoms. The molecule has 0 amide bonds. The Kier molecular flexibility index (Phi) is 5.42. The largest absolute Gasteiger partial charge is 0.497 e. The molecular formula is C22H19ClO2. The van der Waals surface area contributed by atoms with Gasteiger partial charge in [0.25, 0.3) is 0 Å². The normalized spacial score (nSPS) is 11.6. The fourth-order valence-electron chi connectivity index (χ4n) is 2.66. The Morgan fingerprint density at radius 3 is 1.52 bits per heavy atom. The van der Waals surface area contributed by atoms with E-state index in [1.54, 1.807) is 14.2 Å². The number of rotatable bonds is 5. The van der Waals surface area contributed by atoms with Crippen LogP contribution in [0.15, 0.2) is 78.9 Å². The Morgan fingerprint density at radius 2 is 1.04 bits per heavy atom. The monoisotopic (exact) mass is 350 g/mol. The van der Waals surface area contributed by atoms with Crippen LogP contribution in [0.2, 0.25) is 0 Å². The zero-order valence-electron chi connectivity index (χ0n) is 14.2. The van der Waals surface area contributed by atoms with Gasteiger partial charge in [0.1, 0.15) is 11.5 Å². The van der Waals surface area contributed by atoms with Crippen LogP contribution in [0.3, 0.4) is 0 Å². The molecule has 0 aliphatic rings. The lowest BCUT2D eigenvalue weighted by molar-refractivity contribution is 0.414. The van der Waals surface area contributed by atoms with E-state index < -0.39 is 0 Å². The standard InChI is InChI=1S/C22H19ClO2/c1-24-19-12-8-17(9-13-19)21(16-6-4-3-5-7-16)22(23)18-10-14-20(25-2)15-11-18/h3-15H,1-2H3/b22-21+. The lowest BCUT2D eigenvalue weighted by atomic mass is 9.95. The van der Waals surface area contributed by atoms with Crippen LogP contribution in [0.1, 0.15) is 16.7 Å². The third kappa shape index (κ3) is 3.86. The molecule has 3 aromatic rings. The van der Waals surface area contributed by atoms with Crippen molar-refractivity contribution in [2.24, 2.45) is 0 Å². The summed E-state index contributed by atoms with van der Waals surface area (Å²) in [6.45, 7) is 0. The molecule has 0 saturated heterocycles. The third-order valence-corrected chi connectivity index (χ3v) is 4.41. The molecule has 0 spiro atoms. The molecule has 3 rings (SSSR count). The van der Waals surface area contributed by atoms with Crippen molar-refractivity contribution in [3.8, 4) is 11.5 Å². The van der Waals surface area contributed by atoms with Gasteiger partial charge in [-0.05, 0) is 53.1 Å². The average molecular weight is 351 g/mol. The highest BCUT2D eigenvalue weighted by Gasteiger charge is 2.12. The smallest absolute Gasteiger partial charge is 0.118 e. The van der Waals surface area contributed by atoms with E-state index in [0.717, 1.165) is 33.8 Å². The van der Waals surface area contributed by atoms with E-state index in [1.165, 1.54) is 0 Å². The second-order valence-corrected chi connectivity index (χ2v) is 5.89. The van der Waals surface area contributed by atoms with Gasteiger partial charge in [0.15, 0.2) is 0 Å². The van der Waals surface area contributed by atoms with E-state index in [9.17, 15) is 0 Å². The molecule has 0 unspecified atom stereocenters. The maximum atomic E-state index is 6.82. The summed E-state index contributed by atoms with van der Waals surface area (Å²) < 4.78 is 10.5. The van der Waals surface area contributed by atoms with E-state index in [1.807, 2.05) is 66.7 Å². The Morgan fingerprint density at radius 1 is 0.600 bits per heavy atom. The minimum atomic E-state index is 0.694. The highest BCUT2D eigenvalue weighted by atomic mass is 35.5. The molecule has 0 aromatic heterocycles. The number of benzene rings is 3. The summed E-state index contributed by atoms with van der Waals surface area (Å²) in [5.74, 6) is 1.62. The number of ether oxygens (including phenoxy) is 2. The highest BCUT2D eigenvalue weighted by molar-refractivity contribution is 6.53. The summed E-state index contributed by atoms with van der Waals surface area (Å²) in [7, 11) is 3.31. The lowest BCUT2D eigenvalue weighted by Gasteiger charge is -2.13. The topological polar surface area (TPSA) is 18.5 Å². The molecule has 0 atom stereocenters. The molecule has 2 nitrogen and oxygen atoms in total. The molecule has 0 aliphatic heterocycles. The zero-order valence-corrected chi connectivity index (χ0v) is 15.0. The first-order valence-electron chi connectivity index (χ1n) is 7.97. The van der Waals surface area contributed by atoms with Crippen LogP contribution in [0, 0.1) is 0 Å². The average Bonchev–Trinajstić information content (AvgIpc) is 2.69. The molecule has 0 saturated carbocycles. The van der Waals surface area contributed by atoms with E-state index in [0.29, 0.717) is 5.03 Å². The van der Waals surface area contributed by atoms with Crippen LogP contribution >= 0.6 is 11.6 Å². The van der Waals surface area contributed by atoms with E-state index in [2.05, 4.69) is 12.1 Å². The second kappa shape index (κ2) is 7.91. The zero-order chi connectivity index (χ0) is 17.6. The van der Waals surface area contributed by atoms with E-state index in [-0.39, 0.29) is 0 Å². The number of hydrogen-bond donors (Lipinski definition) is 0. The summed E-state index contributed by atoms with van der Waals surface area (Å²) >= 11 is 6.82. The van der Waals surface area contributed by atoms with Crippen molar-refractivity contribution in [2.75, 3.05) is 14.2 Å². The number of halogens is 1. The summed E-state index contributed by atoms with van der Waals surface area (Å²) in [6.07, 6.45) is 0. The van der Waals surface area contributed by atoms with Crippen LogP contribution in [-0.4, -0.2) is 14.2 Å². The van der Waals surface area contributed by atoms with Gasteiger partial charge in [-0.3, -0.25) is 0 Å². The van der Waals surface area contributed by atoms with Crippen LogP contribution in [0.4, 0.5) is 0 Å². The van der Waals surface area contributed by atoms with Gasteiger partial charge in [0, 0.05) is 5.57 Å². The van der Waals surface area contributed by atoms with E-state index >= 15 is 0 Å². The predicted molar refractivity (Wildman–Crippen MR) is 104 cm³/mol. The van der Waals surface area contributed by atoms with Crippen LogP contribution in [-0.2, 0) is 0 Å². The van der Waals surface area contributed by atoms with E-state index in [4.69, 9.17) is 21.1 Å². The maximum Gasteiger partial charge on any atom is 0.118 e. The maximum absolute atomic E-state index is 6.82. The molecule has 3 aromatic carbocycles. The van der Waals surface area contributed by atoms with Crippen LogP contribution in [0.25, 0.3) is 10.6 Å². The van der Waals surface area contributed by atoms with Crippen molar-refractivity contribution in [3.05, 3.63) is 95.6 Å². The van der Waals surface area contributed by atoms with Crippen LogP contribution < -0.4 is 9.47 Å². The number of hydrogen-bond acceptors (Lipinski definition) is 2. The van der Waals surface area contributed by atoms with Crippen molar-refractivity contribution < 1.29 is 9.47 Å². The first-order valence-corrected chi connectivity index (χ1v) is 8.35. The van der Waals surface area contributed by atoms with Crippen molar-refractivity contribution in [1.82, 2.24) is 0 Å². The van der Waals surface area contributed by atoms with Gasteiger partial charge in [-0.15, -0.1) is 0 Å². The quantitative estimate of drug-likeness (QED) is 0.536. The first kappa shape index (κ1) is 17.1. The van der Waals surface area contributed by atoms with Crippen molar-refractivity contribution >= 4 is 22.2 Å². The van der Waals surface area contributed by atoms with Gasteiger partial charge in [-0.2, -0.15) is 0 Å². The molecule has 0 N–H and O–H groups in total. The van der Waals surface area contributed by atoms with Crippen LogP contribution in [0.5, 0.6) is 11.5 Å². The molecule has 0 fully saturated rings. The van der Waals surface area contributed by atoms with Crippen molar-refractivity contribution in [3.63, 3.8) is 0 Å². The number of methoxy groups -OCH3 is 2. The second-order valence-electron chi connectivity index (χ2n) is 5.51. The Bertz CT molecular complexity index is 851. The predicted octanol–water partition coefficient (Wildman–Crippen LogP) is 5.86. The molecule has 0 bridgehead atoms. The Hall–Kier alpha value is -2.71. The van der Waals surface area contributed by atoms with Gasteiger partial charge in [-0.1, -0.05) is 54.1 Å². The highest BCUT2D eigenvalue weighted by Crippen LogP contribution is 2.35. The van der Waals surface area contributed by atoms with Gasteiger partial charge in [0.05, 0.1) is 19.3 Å².